The highest BCUT2D eigenvalue weighted by Crippen LogP contribution is 2.30. The lowest BCUT2D eigenvalue weighted by atomic mass is 10.0. The normalized spacial score (nSPS) is 19.5. The molecule has 1 aromatic rings. The van der Waals surface area contributed by atoms with Crippen LogP contribution in [0.3, 0.4) is 0 Å². The van der Waals surface area contributed by atoms with E-state index in [1.807, 2.05) is 0 Å². The Morgan fingerprint density at radius 3 is 2.56 bits per heavy atom. The van der Waals surface area contributed by atoms with Gasteiger partial charge in [0.2, 0.25) is 5.91 Å². The molecule has 0 aromatic heterocycles. The number of nitrogens with zero attached hydrogens (tertiary/aromatic N) is 2. The van der Waals surface area contributed by atoms with Crippen LogP contribution in [0.1, 0.15) is 33.6 Å². The molecule has 3 rings (SSSR count). The maximum absolute atomic E-state index is 12.7. The van der Waals surface area contributed by atoms with Crippen molar-refractivity contribution in [1.82, 2.24) is 9.80 Å². The molecule has 0 radical (unpaired) electrons. The van der Waals surface area contributed by atoms with Crippen molar-refractivity contribution in [1.29, 1.82) is 0 Å². The van der Waals surface area contributed by atoms with E-state index in [-0.39, 0.29) is 43.7 Å². The first-order valence-electron chi connectivity index (χ1n) is 8.32. The molecule has 4 N–H and O–H groups in total. The highest BCUT2D eigenvalue weighted by Gasteiger charge is 2.46. The van der Waals surface area contributed by atoms with Crippen molar-refractivity contribution < 1.29 is 28.7 Å². The Hall–Kier alpha value is -3.27. The summed E-state index contributed by atoms with van der Waals surface area (Å²) in [4.78, 5) is 62.9. The third-order valence-corrected chi connectivity index (χ3v) is 4.48. The lowest BCUT2D eigenvalue weighted by molar-refractivity contribution is -0.155. The second-order valence-corrected chi connectivity index (χ2v) is 6.15. The average molecular weight is 374 g/mol. The van der Waals surface area contributed by atoms with Gasteiger partial charge in [-0.1, -0.05) is 0 Å². The van der Waals surface area contributed by atoms with Crippen molar-refractivity contribution in [3.63, 3.8) is 0 Å². The molecule has 10 heteroatoms. The van der Waals surface area contributed by atoms with Gasteiger partial charge in [0, 0.05) is 12.1 Å². The number of piperidine rings is 1. The number of hydrogen-bond acceptors (Lipinski definition) is 8. The maximum Gasteiger partial charge on any atom is 0.319 e. The van der Waals surface area contributed by atoms with E-state index in [4.69, 9.17) is 16.2 Å². The predicted octanol–water partition coefficient (Wildman–Crippen LogP) is -1.12. The van der Waals surface area contributed by atoms with E-state index in [0.29, 0.717) is 5.69 Å². The summed E-state index contributed by atoms with van der Waals surface area (Å²) in [6.45, 7) is -0.697. The first kappa shape index (κ1) is 18.5. The van der Waals surface area contributed by atoms with Crippen LogP contribution in [0, 0.1) is 0 Å². The molecule has 27 heavy (non-hydrogen) atoms. The van der Waals surface area contributed by atoms with Gasteiger partial charge in [0.1, 0.15) is 12.6 Å². The number of esters is 1. The van der Waals surface area contributed by atoms with E-state index in [1.165, 1.54) is 18.2 Å². The number of likely N-dealkylation sites (tertiary alicyclic amines) is 1. The van der Waals surface area contributed by atoms with Crippen LogP contribution in [0.15, 0.2) is 18.2 Å². The lowest BCUT2D eigenvalue weighted by Crippen LogP contribution is -2.56. The standard InChI is InChI=1S/C17H18N4O6/c18-8-14(23)27-6-5-20-13(22)4-3-12(17(20)26)21-15(24)10-2-1-9(19)7-11(10)16(21)25/h1-2,7,12H,3-6,8,18-19H2. The third kappa shape index (κ3) is 3.26. The SMILES string of the molecule is NCC(=O)OCCN1C(=O)CCC(N2C(=O)c3ccc(N)cc3C2=O)C1=O. The van der Waals surface area contributed by atoms with Crippen LogP contribution in [0.5, 0.6) is 0 Å². The highest BCUT2D eigenvalue weighted by molar-refractivity contribution is 6.23. The van der Waals surface area contributed by atoms with Crippen LogP contribution in [0.25, 0.3) is 0 Å². The van der Waals surface area contributed by atoms with Crippen LogP contribution in [0.4, 0.5) is 5.69 Å². The summed E-state index contributed by atoms with van der Waals surface area (Å²) in [7, 11) is 0. The molecule has 1 aromatic carbocycles. The lowest BCUT2D eigenvalue weighted by Gasteiger charge is -2.34. The van der Waals surface area contributed by atoms with Crippen molar-refractivity contribution in [2.75, 3.05) is 25.4 Å². The average Bonchev–Trinajstić information content (AvgIpc) is 2.88. The number of amides is 4. The smallest absolute Gasteiger partial charge is 0.319 e. The number of ether oxygens (including phenoxy) is 1. The van der Waals surface area contributed by atoms with Gasteiger partial charge < -0.3 is 16.2 Å². The number of rotatable bonds is 5. The zero-order valence-corrected chi connectivity index (χ0v) is 14.3. The van der Waals surface area contributed by atoms with Crippen molar-refractivity contribution in [2.45, 2.75) is 18.9 Å². The van der Waals surface area contributed by atoms with Gasteiger partial charge in [0.05, 0.1) is 24.2 Å². The number of carbonyl (C=O) groups excluding carboxylic acids is 5. The van der Waals surface area contributed by atoms with Gasteiger partial charge in [0.15, 0.2) is 0 Å². The summed E-state index contributed by atoms with van der Waals surface area (Å²) in [5.41, 5.74) is 11.4. The molecule has 142 valence electrons. The second kappa shape index (κ2) is 7.16. The Morgan fingerprint density at radius 1 is 1.15 bits per heavy atom. The number of nitrogens with two attached hydrogens (primary N) is 2. The molecule has 4 amide bonds. The molecule has 0 aliphatic carbocycles. The summed E-state index contributed by atoms with van der Waals surface area (Å²) in [5.74, 6) is -3.03. The summed E-state index contributed by atoms with van der Waals surface area (Å²) < 4.78 is 4.79. The molecule has 0 spiro atoms. The second-order valence-electron chi connectivity index (χ2n) is 6.15. The molecule has 1 fully saturated rings. The first-order valence-corrected chi connectivity index (χ1v) is 8.32. The number of hydrogen-bond donors (Lipinski definition) is 2. The first-order chi connectivity index (χ1) is 12.8. The van der Waals surface area contributed by atoms with Crippen LogP contribution < -0.4 is 11.5 Å². The van der Waals surface area contributed by atoms with Gasteiger partial charge in [-0.05, 0) is 24.6 Å². The Kier molecular flexibility index (Phi) is 4.91. The van der Waals surface area contributed by atoms with E-state index in [0.717, 1.165) is 9.80 Å². The Morgan fingerprint density at radius 2 is 1.85 bits per heavy atom. The van der Waals surface area contributed by atoms with Crippen LogP contribution in [0.2, 0.25) is 0 Å². The monoisotopic (exact) mass is 374 g/mol. The van der Waals surface area contributed by atoms with E-state index in [2.05, 4.69) is 0 Å². The minimum Gasteiger partial charge on any atom is -0.463 e. The fraction of sp³-hybridized carbons (Fsp3) is 0.353. The Balaban J connectivity index is 1.78. The molecule has 0 bridgehead atoms. The van der Waals surface area contributed by atoms with Crippen molar-refractivity contribution in [2.24, 2.45) is 5.73 Å². The highest BCUT2D eigenvalue weighted by atomic mass is 16.5. The van der Waals surface area contributed by atoms with E-state index >= 15 is 0 Å². The third-order valence-electron chi connectivity index (χ3n) is 4.48. The predicted molar refractivity (Wildman–Crippen MR) is 91.1 cm³/mol. The Labute approximate surface area is 154 Å². The zero-order valence-electron chi connectivity index (χ0n) is 14.3. The minimum atomic E-state index is -1.10. The molecule has 1 unspecified atom stereocenters. The van der Waals surface area contributed by atoms with Gasteiger partial charge >= 0.3 is 5.97 Å². The topological polar surface area (TPSA) is 153 Å². The molecule has 2 aliphatic rings. The fourth-order valence-electron chi connectivity index (χ4n) is 3.17. The molecule has 2 aliphatic heterocycles. The molecule has 1 saturated heterocycles. The van der Waals surface area contributed by atoms with Crippen molar-refractivity contribution in [3.05, 3.63) is 29.3 Å². The van der Waals surface area contributed by atoms with Gasteiger partial charge in [-0.2, -0.15) is 0 Å². The van der Waals surface area contributed by atoms with Crippen molar-refractivity contribution >= 4 is 35.3 Å². The van der Waals surface area contributed by atoms with Gasteiger partial charge in [-0.15, -0.1) is 0 Å². The summed E-state index contributed by atoms with van der Waals surface area (Å²) in [6.07, 6.45) is 0.0223. The van der Waals surface area contributed by atoms with Crippen LogP contribution in [-0.4, -0.2) is 65.1 Å². The van der Waals surface area contributed by atoms with Crippen LogP contribution >= 0.6 is 0 Å². The van der Waals surface area contributed by atoms with E-state index < -0.39 is 35.6 Å². The van der Waals surface area contributed by atoms with E-state index in [9.17, 15) is 24.0 Å². The number of imide groups is 2. The quantitative estimate of drug-likeness (QED) is 0.373. The van der Waals surface area contributed by atoms with Gasteiger partial charge in [0.25, 0.3) is 17.7 Å². The largest absolute Gasteiger partial charge is 0.463 e. The molecule has 10 nitrogen and oxygen atoms in total. The zero-order chi connectivity index (χ0) is 19.7. The maximum atomic E-state index is 12.7. The fourth-order valence-corrected chi connectivity index (χ4v) is 3.17. The van der Waals surface area contributed by atoms with Crippen LogP contribution in [-0.2, 0) is 19.1 Å². The molecule has 0 saturated carbocycles. The van der Waals surface area contributed by atoms with E-state index in [1.54, 1.807) is 0 Å². The number of fused-ring (bicyclic) bond motifs is 1. The molecule has 1 atom stereocenters. The molecular formula is C17H18N4O6. The minimum absolute atomic E-state index is 0.0171. The van der Waals surface area contributed by atoms with Gasteiger partial charge in [-0.3, -0.25) is 33.8 Å². The van der Waals surface area contributed by atoms with Crippen molar-refractivity contribution in [3.8, 4) is 0 Å². The number of benzene rings is 1. The summed E-state index contributed by atoms with van der Waals surface area (Å²) in [5, 5.41) is 0. The number of anilines is 1. The number of carbonyl (C=O) groups is 5. The summed E-state index contributed by atoms with van der Waals surface area (Å²) >= 11 is 0. The molecular weight excluding hydrogens is 356 g/mol. The Bertz CT molecular complexity index is 852. The summed E-state index contributed by atoms with van der Waals surface area (Å²) in [6, 6.07) is 3.23. The number of nitrogen functional groups attached to an aromatic ring is 1. The molecule has 2 heterocycles. The van der Waals surface area contributed by atoms with Gasteiger partial charge in [-0.25, -0.2) is 0 Å².